The molecular formula is C9H17N5O. The van der Waals surface area contributed by atoms with Crippen LogP contribution in [-0.4, -0.2) is 40.5 Å². The Morgan fingerprint density at radius 2 is 2.40 bits per heavy atom. The largest absolute Gasteiger partial charge is 0.379 e. The predicted molar refractivity (Wildman–Crippen MR) is 54.4 cm³/mol. The smallest absolute Gasteiger partial charge is 0.168 e. The van der Waals surface area contributed by atoms with E-state index in [0.29, 0.717) is 6.61 Å². The van der Waals surface area contributed by atoms with Gasteiger partial charge in [0.25, 0.3) is 0 Å². The van der Waals surface area contributed by atoms with E-state index in [2.05, 4.69) is 27.8 Å². The summed E-state index contributed by atoms with van der Waals surface area (Å²) in [4.78, 5) is 0. The number of aromatic nitrogens is 4. The van der Waals surface area contributed by atoms with Crippen LogP contribution in [0.4, 0.5) is 0 Å². The van der Waals surface area contributed by atoms with Crippen molar-refractivity contribution in [2.24, 2.45) is 0 Å². The average molecular weight is 211 g/mol. The minimum Gasteiger partial charge on any atom is -0.379 e. The van der Waals surface area contributed by atoms with E-state index in [4.69, 9.17) is 4.74 Å². The summed E-state index contributed by atoms with van der Waals surface area (Å²) in [5.41, 5.74) is -0.0933. The summed E-state index contributed by atoms with van der Waals surface area (Å²) in [5, 5.41) is 15.0. The monoisotopic (exact) mass is 211 g/mol. The molecule has 2 rings (SSSR count). The van der Waals surface area contributed by atoms with Crippen molar-refractivity contribution in [2.75, 3.05) is 20.3 Å². The maximum Gasteiger partial charge on any atom is 0.168 e. The molecule has 0 radical (unpaired) electrons. The maximum absolute atomic E-state index is 5.42. The number of hydrogen-bond acceptors (Lipinski definition) is 5. The molecule has 84 valence electrons. The van der Waals surface area contributed by atoms with Gasteiger partial charge in [-0.05, 0) is 37.7 Å². The van der Waals surface area contributed by atoms with E-state index in [1.165, 1.54) is 0 Å². The molecule has 6 nitrogen and oxygen atoms in total. The van der Waals surface area contributed by atoms with E-state index in [1.807, 2.05) is 18.7 Å². The normalized spacial score (nSPS) is 28.2. The minimum absolute atomic E-state index is 0.0933. The molecule has 0 aliphatic carbocycles. The van der Waals surface area contributed by atoms with E-state index in [9.17, 15) is 0 Å². The second-order valence-corrected chi connectivity index (χ2v) is 4.26. The molecule has 1 saturated heterocycles. The Hall–Kier alpha value is -1.01. The molecule has 6 heteroatoms. The molecule has 1 N–H and O–H groups in total. The van der Waals surface area contributed by atoms with Gasteiger partial charge in [0, 0.05) is 6.61 Å². The lowest BCUT2D eigenvalue weighted by Gasteiger charge is -2.24. The highest BCUT2D eigenvalue weighted by Crippen LogP contribution is 2.27. The highest BCUT2D eigenvalue weighted by molar-refractivity contribution is 4.97. The fourth-order valence-electron chi connectivity index (χ4n) is 1.80. The second kappa shape index (κ2) is 3.86. The Bertz CT molecular complexity index is 331. The summed E-state index contributed by atoms with van der Waals surface area (Å²) in [6, 6.07) is 0.150. The third-order valence-electron chi connectivity index (χ3n) is 3.02. The van der Waals surface area contributed by atoms with Crippen molar-refractivity contribution >= 4 is 0 Å². The molecule has 1 aromatic rings. The van der Waals surface area contributed by atoms with Crippen LogP contribution in [-0.2, 0) is 10.3 Å². The van der Waals surface area contributed by atoms with E-state index >= 15 is 0 Å². The van der Waals surface area contributed by atoms with Crippen molar-refractivity contribution in [2.45, 2.75) is 31.8 Å². The zero-order valence-electron chi connectivity index (χ0n) is 9.40. The molecule has 15 heavy (non-hydrogen) atoms. The molecule has 1 aliphatic heterocycles. The maximum atomic E-state index is 5.42. The third-order valence-corrected chi connectivity index (χ3v) is 3.02. The fraction of sp³-hybridized carbons (Fsp3) is 0.889. The van der Waals surface area contributed by atoms with Crippen molar-refractivity contribution in [3.05, 3.63) is 5.82 Å². The van der Waals surface area contributed by atoms with E-state index in [-0.39, 0.29) is 11.6 Å². The van der Waals surface area contributed by atoms with Crippen LogP contribution in [0.1, 0.15) is 32.1 Å². The van der Waals surface area contributed by atoms with Crippen molar-refractivity contribution < 1.29 is 4.74 Å². The molecule has 0 amide bonds. The molecule has 1 fully saturated rings. The molecule has 0 aromatic carbocycles. The van der Waals surface area contributed by atoms with Crippen molar-refractivity contribution in [1.82, 2.24) is 25.5 Å². The summed E-state index contributed by atoms with van der Waals surface area (Å²) in [5.74, 6) is 0.866. The quantitative estimate of drug-likeness (QED) is 0.767. The highest BCUT2D eigenvalue weighted by atomic mass is 16.5. The zero-order valence-corrected chi connectivity index (χ0v) is 9.40. The number of ether oxygens (including phenoxy) is 1. The Balaban J connectivity index is 2.31. The Morgan fingerprint density at radius 1 is 1.60 bits per heavy atom. The second-order valence-electron chi connectivity index (χ2n) is 4.26. The summed E-state index contributed by atoms with van der Waals surface area (Å²) >= 11 is 0. The van der Waals surface area contributed by atoms with Gasteiger partial charge in [-0.1, -0.05) is 0 Å². The molecule has 0 saturated carbocycles. The third kappa shape index (κ3) is 1.74. The first-order valence-electron chi connectivity index (χ1n) is 5.21. The van der Waals surface area contributed by atoms with Crippen LogP contribution >= 0.6 is 0 Å². The molecule has 0 spiro atoms. The number of rotatable bonds is 3. The molecular weight excluding hydrogens is 194 g/mol. The van der Waals surface area contributed by atoms with Gasteiger partial charge >= 0.3 is 0 Å². The van der Waals surface area contributed by atoms with Crippen LogP contribution in [0.25, 0.3) is 0 Å². The van der Waals surface area contributed by atoms with Crippen LogP contribution in [0, 0.1) is 0 Å². The highest BCUT2D eigenvalue weighted by Gasteiger charge is 2.35. The van der Waals surface area contributed by atoms with Crippen LogP contribution < -0.4 is 5.32 Å². The van der Waals surface area contributed by atoms with Gasteiger partial charge in [-0.3, -0.25) is 0 Å². The SMILES string of the molecule is CNC(C)c1nnnn1C1(C)CCOC1. The minimum atomic E-state index is -0.0933. The Kier molecular flexibility index (Phi) is 2.70. The van der Waals surface area contributed by atoms with E-state index in [1.54, 1.807) is 0 Å². The summed E-state index contributed by atoms with van der Waals surface area (Å²) in [7, 11) is 1.90. The van der Waals surface area contributed by atoms with Gasteiger partial charge in [0.2, 0.25) is 0 Å². The van der Waals surface area contributed by atoms with Gasteiger partial charge in [0.15, 0.2) is 5.82 Å². The van der Waals surface area contributed by atoms with Crippen LogP contribution in [0.5, 0.6) is 0 Å². The molecule has 2 heterocycles. The number of nitrogens with zero attached hydrogens (tertiary/aromatic N) is 4. The Morgan fingerprint density at radius 3 is 3.00 bits per heavy atom. The van der Waals surface area contributed by atoms with Crippen LogP contribution in [0.3, 0.4) is 0 Å². The van der Waals surface area contributed by atoms with Gasteiger partial charge in [-0.2, -0.15) is 0 Å². The van der Waals surface area contributed by atoms with Crippen molar-refractivity contribution in [3.63, 3.8) is 0 Å². The summed E-state index contributed by atoms with van der Waals surface area (Å²) < 4.78 is 7.31. The molecule has 2 atom stereocenters. The summed E-state index contributed by atoms with van der Waals surface area (Å²) in [6.07, 6.45) is 0.960. The van der Waals surface area contributed by atoms with Gasteiger partial charge in [-0.15, -0.1) is 5.10 Å². The lowest BCUT2D eigenvalue weighted by molar-refractivity contribution is 0.152. The van der Waals surface area contributed by atoms with Gasteiger partial charge in [0.05, 0.1) is 18.2 Å². The average Bonchev–Trinajstić information content (AvgIpc) is 2.85. The first kappa shape index (κ1) is 10.5. The summed E-state index contributed by atoms with van der Waals surface area (Å²) in [6.45, 7) is 5.63. The zero-order chi connectivity index (χ0) is 10.9. The van der Waals surface area contributed by atoms with Crippen LogP contribution in [0.15, 0.2) is 0 Å². The van der Waals surface area contributed by atoms with E-state index < -0.39 is 0 Å². The lowest BCUT2D eigenvalue weighted by atomic mass is 10.0. The fourth-order valence-corrected chi connectivity index (χ4v) is 1.80. The number of tetrazole rings is 1. The molecule has 2 unspecified atom stereocenters. The molecule has 1 aliphatic rings. The molecule has 0 bridgehead atoms. The Labute approximate surface area is 89.0 Å². The van der Waals surface area contributed by atoms with Crippen LogP contribution in [0.2, 0.25) is 0 Å². The lowest BCUT2D eigenvalue weighted by Crippen LogP contribution is -2.35. The standard InChI is InChI=1S/C9H17N5O/c1-7(10-3)8-11-12-13-14(8)9(2)4-5-15-6-9/h7,10H,4-6H2,1-3H3. The first-order valence-corrected chi connectivity index (χ1v) is 5.21. The van der Waals surface area contributed by atoms with Gasteiger partial charge < -0.3 is 10.1 Å². The topological polar surface area (TPSA) is 64.9 Å². The predicted octanol–water partition coefficient (Wildman–Crippen LogP) is 0.0890. The molecule has 1 aromatic heterocycles. The first-order chi connectivity index (χ1) is 7.17. The number of nitrogens with one attached hydrogen (secondary N) is 1. The van der Waals surface area contributed by atoms with Gasteiger partial charge in [-0.25, -0.2) is 4.68 Å². The van der Waals surface area contributed by atoms with Crippen molar-refractivity contribution in [3.8, 4) is 0 Å². The van der Waals surface area contributed by atoms with Crippen molar-refractivity contribution in [1.29, 1.82) is 0 Å². The number of hydrogen-bond donors (Lipinski definition) is 1. The van der Waals surface area contributed by atoms with E-state index in [0.717, 1.165) is 18.9 Å². The van der Waals surface area contributed by atoms with Gasteiger partial charge in [0.1, 0.15) is 0 Å².